The van der Waals surface area contributed by atoms with Gasteiger partial charge in [0.2, 0.25) is 11.8 Å². The first-order valence-electron chi connectivity index (χ1n) is 16.5. The van der Waals surface area contributed by atoms with Crippen LogP contribution < -0.4 is 27.8 Å². The molecule has 0 atom stereocenters. The van der Waals surface area contributed by atoms with Crippen LogP contribution >= 0.6 is 0 Å². The molecule has 2 aromatic carbocycles. The molecule has 5 aromatic rings. The van der Waals surface area contributed by atoms with E-state index in [9.17, 15) is 9.59 Å². The van der Waals surface area contributed by atoms with Crippen LogP contribution in [0.4, 0.5) is 11.6 Å². The Morgan fingerprint density at radius 1 is 0.784 bits per heavy atom. The number of benzene rings is 2. The standard InChI is InChI=1S/C36H39BN10O4/c1-35(2)36(3,4)51-37(50-35)25-10-12-27(29-18-31(38)42-20-40-29)23(17-25)9-14-34(49)47-46-33-19-30(41-21-43-33)26-11-7-24(28-6-5-15-44-45-28)16-22(26)8-13-32(39)48/h5-7,10-12,15-21H,8-9,13-14H2,1-4H3,(H2,39,48)(H,47,49)(H2,38,40,42)(H,41,43,46). The van der Waals surface area contributed by atoms with Gasteiger partial charge in [0, 0.05) is 47.9 Å². The lowest BCUT2D eigenvalue weighted by Crippen LogP contribution is -2.41. The van der Waals surface area contributed by atoms with E-state index >= 15 is 0 Å². The lowest BCUT2D eigenvalue weighted by atomic mass is 9.77. The quantitative estimate of drug-likeness (QED) is 0.110. The van der Waals surface area contributed by atoms with Gasteiger partial charge in [-0.15, -0.1) is 0 Å². The van der Waals surface area contributed by atoms with Gasteiger partial charge < -0.3 is 20.8 Å². The van der Waals surface area contributed by atoms with Crippen molar-refractivity contribution in [2.24, 2.45) is 5.73 Å². The summed E-state index contributed by atoms with van der Waals surface area (Å²) >= 11 is 0. The molecule has 14 nitrogen and oxygen atoms in total. The molecule has 1 aliphatic heterocycles. The SMILES string of the molecule is CC1(C)OB(c2ccc(-c3cc(N)ncn3)c(CCC(=O)NNc3cc(-c4ccc(-c5cccnn5)cc4CCC(N)=O)ncn3)c2)OC1(C)C. The highest BCUT2D eigenvalue weighted by Gasteiger charge is 2.51. The molecule has 6 N–H and O–H groups in total. The van der Waals surface area contributed by atoms with Gasteiger partial charge in [-0.3, -0.25) is 20.4 Å². The normalized spacial score (nSPS) is 14.6. The number of nitrogens with zero attached hydrogens (tertiary/aromatic N) is 6. The van der Waals surface area contributed by atoms with Gasteiger partial charge in [0.05, 0.1) is 28.3 Å². The molecule has 6 rings (SSSR count). The number of anilines is 2. The Kier molecular flexibility index (Phi) is 10.0. The number of aromatic nitrogens is 6. The molecule has 0 saturated carbocycles. The van der Waals surface area contributed by atoms with E-state index in [0.29, 0.717) is 41.6 Å². The number of nitrogen functional groups attached to an aromatic ring is 1. The van der Waals surface area contributed by atoms with E-state index in [4.69, 9.17) is 20.8 Å². The van der Waals surface area contributed by atoms with Crippen molar-refractivity contribution < 1.29 is 18.9 Å². The van der Waals surface area contributed by atoms with E-state index in [1.165, 1.54) is 12.7 Å². The molecule has 0 radical (unpaired) electrons. The number of hydrogen-bond acceptors (Lipinski definition) is 12. The molecule has 2 amide bonds. The average molecular weight is 687 g/mol. The molecule has 0 bridgehead atoms. The maximum atomic E-state index is 13.2. The summed E-state index contributed by atoms with van der Waals surface area (Å²) in [6.45, 7) is 8.02. The van der Waals surface area contributed by atoms with Crippen molar-refractivity contribution in [2.45, 2.75) is 64.6 Å². The van der Waals surface area contributed by atoms with Crippen molar-refractivity contribution in [3.63, 3.8) is 0 Å². The third kappa shape index (κ3) is 8.16. The fourth-order valence-corrected chi connectivity index (χ4v) is 5.66. The van der Waals surface area contributed by atoms with Gasteiger partial charge in [-0.05, 0) is 75.3 Å². The van der Waals surface area contributed by atoms with Gasteiger partial charge in [-0.25, -0.2) is 19.9 Å². The number of nitrogens with one attached hydrogen (secondary N) is 2. The zero-order chi connectivity index (χ0) is 36.2. The number of hydrogen-bond donors (Lipinski definition) is 4. The summed E-state index contributed by atoms with van der Waals surface area (Å²) in [4.78, 5) is 42.0. The van der Waals surface area contributed by atoms with Gasteiger partial charge in [0.25, 0.3) is 0 Å². The molecule has 3 aromatic heterocycles. The van der Waals surface area contributed by atoms with E-state index in [2.05, 4.69) is 41.0 Å². The number of rotatable bonds is 12. The Labute approximate surface area is 296 Å². The lowest BCUT2D eigenvalue weighted by Gasteiger charge is -2.32. The van der Waals surface area contributed by atoms with Crippen LogP contribution in [-0.2, 0) is 31.7 Å². The molecule has 0 aliphatic carbocycles. The van der Waals surface area contributed by atoms with E-state index in [1.807, 2.05) is 76.2 Å². The van der Waals surface area contributed by atoms with Crippen molar-refractivity contribution in [1.82, 2.24) is 35.6 Å². The largest absolute Gasteiger partial charge is 0.494 e. The molecule has 1 fully saturated rings. The van der Waals surface area contributed by atoms with Crippen LogP contribution in [0, 0.1) is 0 Å². The monoisotopic (exact) mass is 686 g/mol. The topological polar surface area (TPSA) is 206 Å². The first kappa shape index (κ1) is 35.0. The molecule has 260 valence electrons. The van der Waals surface area contributed by atoms with Gasteiger partial charge >= 0.3 is 7.12 Å². The first-order chi connectivity index (χ1) is 24.4. The number of nitrogens with two attached hydrogens (primary N) is 2. The minimum atomic E-state index is -0.569. The van der Waals surface area contributed by atoms with E-state index in [1.54, 1.807) is 18.3 Å². The third-order valence-electron chi connectivity index (χ3n) is 9.13. The minimum Gasteiger partial charge on any atom is -0.399 e. The molecular formula is C36H39BN10O4. The summed E-state index contributed by atoms with van der Waals surface area (Å²) in [6, 6.07) is 18.7. The van der Waals surface area contributed by atoms with Crippen molar-refractivity contribution in [3.8, 4) is 33.8 Å². The van der Waals surface area contributed by atoms with Gasteiger partial charge in [-0.1, -0.05) is 30.3 Å². The zero-order valence-electron chi connectivity index (χ0n) is 28.9. The van der Waals surface area contributed by atoms with Crippen LogP contribution in [0.3, 0.4) is 0 Å². The maximum Gasteiger partial charge on any atom is 0.494 e. The highest BCUT2D eigenvalue weighted by molar-refractivity contribution is 6.62. The second kappa shape index (κ2) is 14.6. The van der Waals surface area contributed by atoms with Crippen molar-refractivity contribution in [1.29, 1.82) is 0 Å². The van der Waals surface area contributed by atoms with Crippen LogP contribution in [0.15, 0.2) is 79.5 Å². The predicted molar refractivity (Wildman–Crippen MR) is 194 cm³/mol. The maximum absolute atomic E-state index is 13.2. The number of carbonyl (C=O) groups excluding carboxylic acids is 2. The molecule has 1 saturated heterocycles. The summed E-state index contributed by atoms with van der Waals surface area (Å²) < 4.78 is 12.6. The average Bonchev–Trinajstić information content (AvgIpc) is 3.35. The fraction of sp³-hybridized carbons (Fsp3) is 0.278. The number of primary amides is 1. The van der Waals surface area contributed by atoms with Crippen LogP contribution in [-0.4, -0.2) is 60.3 Å². The Hall–Kier alpha value is -5.80. The summed E-state index contributed by atoms with van der Waals surface area (Å²) in [5.41, 5.74) is 23.0. The highest BCUT2D eigenvalue weighted by atomic mass is 16.7. The van der Waals surface area contributed by atoms with E-state index in [0.717, 1.165) is 33.3 Å². The Bertz CT molecular complexity index is 2050. The van der Waals surface area contributed by atoms with Gasteiger partial charge in [-0.2, -0.15) is 10.2 Å². The smallest absolute Gasteiger partial charge is 0.399 e. The Morgan fingerprint density at radius 3 is 2.14 bits per heavy atom. The van der Waals surface area contributed by atoms with E-state index < -0.39 is 24.2 Å². The molecule has 1 aliphatic rings. The fourth-order valence-electron chi connectivity index (χ4n) is 5.66. The van der Waals surface area contributed by atoms with Gasteiger partial charge in [0.1, 0.15) is 24.3 Å². The number of hydrazine groups is 1. The van der Waals surface area contributed by atoms with Crippen LogP contribution in [0.25, 0.3) is 33.8 Å². The molecule has 0 unspecified atom stereocenters. The van der Waals surface area contributed by atoms with Crippen molar-refractivity contribution >= 4 is 36.0 Å². The first-order valence-corrected chi connectivity index (χ1v) is 16.5. The summed E-state index contributed by atoms with van der Waals surface area (Å²) in [5, 5.41) is 8.16. The summed E-state index contributed by atoms with van der Waals surface area (Å²) in [7, 11) is -0.569. The molecule has 51 heavy (non-hydrogen) atoms. The number of amides is 2. The Morgan fingerprint density at radius 2 is 1.45 bits per heavy atom. The Balaban J connectivity index is 1.17. The number of aryl methyl sites for hydroxylation is 2. The van der Waals surface area contributed by atoms with Crippen LogP contribution in [0.2, 0.25) is 0 Å². The van der Waals surface area contributed by atoms with Crippen LogP contribution in [0.5, 0.6) is 0 Å². The molecule has 0 spiro atoms. The van der Waals surface area contributed by atoms with Crippen LogP contribution in [0.1, 0.15) is 51.7 Å². The van der Waals surface area contributed by atoms with Gasteiger partial charge in [0.15, 0.2) is 0 Å². The summed E-state index contributed by atoms with van der Waals surface area (Å²) in [6.07, 6.45) is 5.52. The summed E-state index contributed by atoms with van der Waals surface area (Å²) in [5.74, 6) is 0.0484. The highest BCUT2D eigenvalue weighted by Crippen LogP contribution is 2.37. The second-order valence-electron chi connectivity index (χ2n) is 13.2. The number of carbonyl (C=O) groups is 2. The molecule has 4 heterocycles. The lowest BCUT2D eigenvalue weighted by molar-refractivity contribution is -0.120. The zero-order valence-corrected chi connectivity index (χ0v) is 28.9. The third-order valence-corrected chi connectivity index (χ3v) is 9.13. The van der Waals surface area contributed by atoms with Crippen molar-refractivity contribution in [3.05, 3.63) is 90.6 Å². The van der Waals surface area contributed by atoms with E-state index in [-0.39, 0.29) is 18.7 Å². The van der Waals surface area contributed by atoms with Crippen molar-refractivity contribution in [2.75, 3.05) is 11.2 Å². The molecular weight excluding hydrogens is 647 g/mol. The minimum absolute atomic E-state index is 0.145. The predicted octanol–water partition coefficient (Wildman–Crippen LogP) is 3.43. The second-order valence-corrected chi connectivity index (χ2v) is 13.2. The molecule has 15 heteroatoms.